The second-order valence-electron chi connectivity index (χ2n) is 4.84. The molecule has 88 valence electrons. The summed E-state index contributed by atoms with van der Waals surface area (Å²) in [5, 5.41) is 5.94. The highest BCUT2D eigenvalue weighted by molar-refractivity contribution is 7.92. The topological polar surface area (TPSA) is 61.4 Å². The van der Waals surface area contributed by atoms with E-state index >= 15 is 0 Å². The van der Waals surface area contributed by atoms with Gasteiger partial charge in [-0.2, -0.15) is 0 Å². The van der Waals surface area contributed by atoms with Crippen LogP contribution >= 0.6 is 0 Å². The van der Waals surface area contributed by atoms with E-state index in [2.05, 4.69) is 10.6 Å². The number of rotatable bonds is 3. The fourth-order valence-corrected chi connectivity index (χ4v) is 7.26. The summed E-state index contributed by atoms with van der Waals surface area (Å²) in [5.41, 5.74) is 0. The van der Waals surface area contributed by atoms with Gasteiger partial charge in [0.25, 0.3) is 10.0 Å². The lowest BCUT2D eigenvalue weighted by Gasteiger charge is -2.41. The molecule has 0 atom stereocenters. The average Bonchev–Trinajstić information content (AvgIpc) is 2.50. The maximum absolute atomic E-state index is 12.3. The van der Waals surface area contributed by atoms with Crippen molar-refractivity contribution in [3.05, 3.63) is 12.4 Å². The van der Waals surface area contributed by atoms with Gasteiger partial charge in [0.15, 0.2) is 0 Å². The van der Waals surface area contributed by atoms with E-state index in [0.717, 1.165) is 0 Å². The monoisotopic (exact) mass is 249 g/mol. The van der Waals surface area contributed by atoms with Crippen LogP contribution in [-0.2, 0) is 10.0 Å². The molecule has 1 aliphatic heterocycles. The molecule has 7 heteroatoms. The summed E-state index contributed by atoms with van der Waals surface area (Å²) in [6.07, 6.45) is 3.30. The Labute approximate surface area is 92.6 Å². The molecule has 1 aliphatic rings. The predicted octanol–water partition coefficient (Wildman–Crippen LogP) is 0.0730. The Morgan fingerprint density at radius 1 is 1.13 bits per heavy atom. The molecule has 1 heterocycles. The number of sulfonamides is 1. The molecule has 15 heavy (non-hydrogen) atoms. The molecule has 0 aromatic carbocycles. The zero-order valence-electron chi connectivity index (χ0n) is 9.83. The number of nitrogens with zero attached hydrogens (tertiary/aromatic N) is 1. The molecule has 0 aliphatic carbocycles. The highest BCUT2D eigenvalue weighted by atomic mass is 32.2. The van der Waals surface area contributed by atoms with Crippen LogP contribution in [0.5, 0.6) is 0 Å². The highest BCUT2D eigenvalue weighted by Crippen LogP contribution is 2.28. The van der Waals surface area contributed by atoms with Crippen molar-refractivity contribution in [2.24, 2.45) is 0 Å². The minimum atomic E-state index is -3.39. The molecular weight excluding hydrogens is 230 g/mol. The molecule has 0 aromatic rings. The zero-order valence-corrected chi connectivity index (χ0v) is 11.6. The van der Waals surface area contributed by atoms with Gasteiger partial charge in [0.1, 0.15) is 8.07 Å². The summed E-state index contributed by atoms with van der Waals surface area (Å²) in [5.74, 6) is 0. The molecule has 1 rings (SSSR count). The van der Waals surface area contributed by atoms with E-state index in [1.807, 2.05) is 19.6 Å². The standard InChI is InChI=1S/C8H19N3O2SSi/c1-11(2)14(12,13)8(15(3,4)5)9-6-7-10-8/h6-7,9-10H,1-5H3. The van der Waals surface area contributed by atoms with Gasteiger partial charge in [0.2, 0.25) is 4.62 Å². The van der Waals surface area contributed by atoms with Crippen LogP contribution in [0.25, 0.3) is 0 Å². The van der Waals surface area contributed by atoms with Crippen LogP contribution in [0.2, 0.25) is 19.6 Å². The lowest BCUT2D eigenvalue weighted by molar-refractivity contribution is 0.471. The van der Waals surface area contributed by atoms with E-state index < -0.39 is 22.7 Å². The SMILES string of the molecule is CN(C)S(=O)(=O)C1([Si](C)(C)C)NC=CN1. The van der Waals surface area contributed by atoms with Crippen LogP contribution in [0.3, 0.4) is 0 Å². The molecule has 2 N–H and O–H groups in total. The summed E-state index contributed by atoms with van der Waals surface area (Å²) >= 11 is 0. The van der Waals surface area contributed by atoms with Gasteiger partial charge >= 0.3 is 0 Å². The Kier molecular flexibility index (Phi) is 2.92. The third-order valence-electron chi connectivity index (χ3n) is 2.58. The first kappa shape index (κ1) is 12.5. The van der Waals surface area contributed by atoms with Crippen molar-refractivity contribution in [3.8, 4) is 0 Å². The number of hydrogen-bond acceptors (Lipinski definition) is 4. The smallest absolute Gasteiger partial charge is 0.252 e. The Morgan fingerprint density at radius 3 is 1.80 bits per heavy atom. The molecule has 0 saturated heterocycles. The zero-order chi connectivity index (χ0) is 11.9. The Hall–Kier alpha value is -0.533. The summed E-state index contributed by atoms with van der Waals surface area (Å²) in [7, 11) is -2.26. The van der Waals surface area contributed by atoms with Crippen LogP contribution in [0.4, 0.5) is 0 Å². The van der Waals surface area contributed by atoms with Gasteiger partial charge in [0.05, 0.1) is 0 Å². The van der Waals surface area contributed by atoms with Crippen molar-refractivity contribution >= 4 is 18.1 Å². The fourth-order valence-electron chi connectivity index (χ4n) is 1.60. The van der Waals surface area contributed by atoms with Gasteiger partial charge in [-0.1, -0.05) is 19.6 Å². The first-order valence-corrected chi connectivity index (χ1v) is 9.72. The van der Waals surface area contributed by atoms with Crippen molar-refractivity contribution in [3.63, 3.8) is 0 Å². The maximum atomic E-state index is 12.3. The second-order valence-corrected chi connectivity index (χ2v) is 12.7. The van der Waals surface area contributed by atoms with Gasteiger partial charge in [-0.15, -0.1) is 0 Å². The molecule has 0 saturated carbocycles. The average molecular weight is 249 g/mol. The molecule has 5 nitrogen and oxygen atoms in total. The van der Waals surface area contributed by atoms with Crippen LogP contribution in [0.1, 0.15) is 0 Å². The molecular formula is C8H19N3O2SSi. The maximum Gasteiger partial charge on any atom is 0.252 e. The number of nitrogens with one attached hydrogen (secondary N) is 2. The van der Waals surface area contributed by atoms with E-state index in [1.54, 1.807) is 26.5 Å². The Bertz CT molecular complexity index is 362. The minimum absolute atomic E-state index is 1.02. The van der Waals surface area contributed by atoms with E-state index in [4.69, 9.17) is 0 Å². The van der Waals surface area contributed by atoms with Crippen LogP contribution < -0.4 is 10.6 Å². The van der Waals surface area contributed by atoms with Gasteiger partial charge < -0.3 is 10.6 Å². The van der Waals surface area contributed by atoms with E-state index in [9.17, 15) is 8.42 Å². The van der Waals surface area contributed by atoms with E-state index in [0.29, 0.717) is 0 Å². The molecule has 0 radical (unpaired) electrons. The summed E-state index contributed by atoms with van der Waals surface area (Å²) in [6, 6.07) is 0. The summed E-state index contributed by atoms with van der Waals surface area (Å²) in [6.45, 7) is 6.04. The molecule has 0 aromatic heterocycles. The first-order chi connectivity index (χ1) is 6.65. The van der Waals surface area contributed by atoms with E-state index in [1.165, 1.54) is 4.31 Å². The summed E-state index contributed by atoms with van der Waals surface area (Å²) in [4.78, 5) is 0. The normalized spacial score (nSPS) is 20.1. The van der Waals surface area contributed by atoms with Gasteiger partial charge in [0, 0.05) is 26.5 Å². The summed E-state index contributed by atoms with van der Waals surface area (Å²) < 4.78 is 24.8. The molecule has 0 amide bonds. The molecule has 0 fully saturated rings. The fraction of sp³-hybridized carbons (Fsp3) is 0.750. The van der Waals surface area contributed by atoms with Crippen LogP contribution in [-0.4, -0.2) is 39.5 Å². The lowest BCUT2D eigenvalue weighted by atomic mass is 11.0. The predicted molar refractivity (Wildman–Crippen MR) is 64.1 cm³/mol. The van der Waals surface area contributed by atoms with Crippen molar-refractivity contribution in [1.82, 2.24) is 14.9 Å². The third kappa shape index (κ3) is 1.68. The lowest BCUT2D eigenvalue weighted by Crippen LogP contribution is -2.72. The largest absolute Gasteiger partial charge is 0.357 e. The van der Waals surface area contributed by atoms with Crippen LogP contribution in [0.15, 0.2) is 12.4 Å². The van der Waals surface area contributed by atoms with Crippen molar-refractivity contribution in [2.45, 2.75) is 24.3 Å². The van der Waals surface area contributed by atoms with E-state index in [-0.39, 0.29) is 0 Å². The number of hydrogen-bond donors (Lipinski definition) is 2. The van der Waals surface area contributed by atoms with Crippen molar-refractivity contribution in [2.75, 3.05) is 14.1 Å². The third-order valence-corrected chi connectivity index (χ3v) is 9.56. The van der Waals surface area contributed by atoms with Crippen molar-refractivity contribution in [1.29, 1.82) is 0 Å². The van der Waals surface area contributed by atoms with Crippen LogP contribution in [0, 0.1) is 0 Å². The quantitative estimate of drug-likeness (QED) is 0.695. The van der Waals surface area contributed by atoms with Gasteiger partial charge in [-0.25, -0.2) is 12.7 Å². The van der Waals surface area contributed by atoms with Gasteiger partial charge in [-0.3, -0.25) is 0 Å². The Balaban J connectivity index is 3.27. The highest BCUT2D eigenvalue weighted by Gasteiger charge is 2.55. The second kappa shape index (κ2) is 3.50. The first-order valence-electron chi connectivity index (χ1n) is 4.78. The molecule has 0 unspecified atom stereocenters. The minimum Gasteiger partial charge on any atom is -0.357 e. The molecule has 0 bridgehead atoms. The Morgan fingerprint density at radius 2 is 1.53 bits per heavy atom. The van der Waals surface area contributed by atoms with Crippen molar-refractivity contribution < 1.29 is 8.42 Å². The van der Waals surface area contributed by atoms with Gasteiger partial charge in [-0.05, 0) is 0 Å². The molecule has 0 spiro atoms.